The molecule has 2 rings (SSSR count). The Morgan fingerprint density at radius 1 is 1.35 bits per heavy atom. The van der Waals surface area contributed by atoms with Gasteiger partial charge >= 0.3 is 0 Å². The van der Waals surface area contributed by atoms with Gasteiger partial charge in [0.1, 0.15) is 22.3 Å². The Hall–Kier alpha value is -1.40. The van der Waals surface area contributed by atoms with Crippen LogP contribution in [0.15, 0.2) is 24.3 Å². The van der Waals surface area contributed by atoms with E-state index in [9.17, 15) is 13.5 Å². The van der Waals surface area contributed by atoms with Crippen molar-refractivity contribution >= 4 is 20.9 Å². The fourth-order valence-electron chi connectivity index (χ4n) is 1.75. The molecule has 17 heavy (non-hydrogen) atoms. The van der Waals surface area contributed by atoms with E-state index in [2.05, 4.69) is 4.98 Å². The zero-order valence-corrected chi connectivity index (χ0v) is 10.3. The quantitative estimate of drug-likeness (QED) is 0.866. The smallest absolute Gasteiger partial charge is 0.149 e. The average Bonchev–Trinajstić information content (AvgIpc) is 2.63. The van der Waals surface area contributed by atoms with Gasteiger partial charge < -0.3 is 9.67 Å². The Labute approximate surface area is 99.6 Å². The predicted octanol–water partition coefficient (Wildman–Crippen LogP) is 0.573. The molecule has 2 aromatic rings. The Morgan fingerprint density at radius 2 is 2.06 bits per heavy atom. The summed E-state index contributed by atoms with van der Waals surface area (Å²) in [4.78, 5) is 4.25. The molecule has 1 aromatic heterocycles. The second-order valence-electron chi connectivity index (χ2n) is 3.96. The summed E-state index contributed by atoms with van der Waals surface area (Å²) < 4.78 is 24.1. The summed E-state index contributed by atoms with van der Waals surface area (Å²) in [6.45, 7) is 0.119. The van der Waals surface area contributed by atoms with Crippen molar-refractivity contribution in [3.8, 4) is 0 Å². The number of imidazole rings is 1. The van der Waals surface area contributed by atoms with Gasteiger partial charge in [-0.1, -0.05) is 12.1 Å². The van der Waals surface area contributed by atoms with Crippen molar-refractivity contribution in [3.63, 3.8) is 0 Å². The van der Waals surface area contributed by atoms with E-state index in [-0.39, 0.29) is 12.4 Å². The molecule has 0 aliphatic rings. The minimum Gasteiger partial charge on any atom is -0.388 e. The summed E-state index contributed by atoms with van der Waals surface area (Å²) in [7, 11) is -3.02. The van der Waals surface area contributed by atoms with Crippen LogP contribution in [0.2, 0.25) is 0 Å². The van der Waals surface area contributed by atoms with Crippen LogP contribution in [-0.2, 0) is 23.0 Å². The lowest BCUT2D eigenvalue weighted by atomic mass is 10.3. The highest BCUT2D eigenvalue weighted by Gasteiger charge is 2.11. The molecule has 1 N–H and O–H groups in total. The van der Waals surface area contributed by atoms with E-state index >= 15 is 0 Å². The first-order valence-electron chi connectivity index (χ1n) is 5.24. The highest BCUT2D eigenvalue weighted by Crippen LogP contribution is 2.16. The van der Waals surface area contributed by atoms with Crippen LogP contribution in [0.3, 0.4) is 0 Å². The Balaban J connectivity index is 2.43. The Morgan fingerprint density at radius 3 is 2.71 bits per heavy atom. The third kappa shape index (κ3) is 2.65. The fourth-order valence-corrected chi connectivity index (χ4v) is 2.27. The summed E-state index contributed by atoms with van der Waals surface area (Å²) in [6, 6.07) is 7.43. The number of aryl methyl sites for hydroxylation is 1. The van der Waals surface area contributed by atoms with E-state index in [4.69, 9.17) is 0 Å². The Bertz CT molecular complexity index is 631. The highest BCUT2D eigenvalue weighted by molar-refractivity contribution is 7.90. The minimum atomic E-state index is -3.02. The van der Waals surface area contributed by atoms with Crippen molar-refractivity contribution in [2.75, 3.05) is 12.0 Å². The maximum atomic E-state index is 11.2. The summed E-state index contributed by atoms with van der Waals surface area (Å²) in [5, 5.41) is 9.22. The van der Waals surface area contributed by atoms with E-state index < -0.39 is 9.84 Å². The van der Waals surface area contributed by atoms with Gasteiger partial charge in [0.2, 0.25) is 0 Å². The van der Waals surface area contributed by atoms with Crippen LogP contribution in [0.4, 0.5) is 0 Å². The predicted molar refractivity (Wildman–Crippen MR) is 65.4 cm³/mol. The molecule has 0 spiro atoms. The normalized spacial score (nSPS) is 12.1. The van der Waals surface area contributed by atoms with Gasteiger partial charge in [-0.15, -0.1) is 0 Å². The van der Waals surface area contributed by atoms with Gasteiger partial charge in [-0.05, 0) is 12.1 Å². The van der Waals surface area contributed by atoms with Crippen molar-refractivity contribution in [2.45, 2.75) is 13.2 Å². The van der Waals surface area contributed by atoms with Crippen LogP contribution in [0.25, 0.3) is 11.0 Å². The monoisotopic (exact) mass is 254 g/mol. The van der Waals surface area contributed by atoms with Gasteiger partial charge in [-0.3, -0.25) is 0 Å². The molecule has 0 saturated carbocycles. The lowest BCUT2D eigenvalue weighted by Crippen LogP contribution is -2.13. The number of rotatable bonds is 4. The van der Waals surface area contributed by atoms with Crippen molar-refractivity contribution in [1.29, 1.82) is 0 Å². The van der Waals surface area contributed by atoms with E-state index in [0.717, 1.165) is 11.0 Å². The average molecular weight is 254 g/mol. The van der Waals surface area contributed by atoms with Crippen LogP contribution >= 0.6 is 0 Å². The number of para-hydroxylation sites is 2. The number of aromatic nitrogens is 2. The number of benzene rings is 1. The molecule has 0 fully saturated rings. The number of sulfone groups is 1. The fraction of sp³-hybridized carbons (Fsp3) is 0.364. The third-order valence-corrected chi connectivity index (χ3v) is 3.48. The number of nitrogens with zero attached hydrogens (tertiary/aromatic N) is 2. The summed E-state index contributed by atoms with van der Waals surface area (Å²) >= 11 is 0. The number of hydrogen-bond donors (Lipinski definition) is 1. The second kappa shape index (κ2) is 4.46. The van der Waals surface area contributed by atoms with E-state index in [1.807, 2.05) is 24.3 Å². The maximum Gasteiger partial charge on any atom is 0.149 e. The van der Waals surface area contributed by atoms with Crippen molar-refractivity contribution in [2.24, 2.45) is 0 Å². The van der Waals surface area contributed by atoms with Gasteiger partial charge in [0.05, 0.1) is 16.8 Å². The third-order valence-electron chi connectivity index (χ3n) is 2.56. The summed E-state index contributed by atoms with van der Waals surface area (Å²) in [5.74, 6) is 0.537. The molecule has 0 amide bonds. The largest absolute Gasteiger partial charge is 0.388 e. The van der Waals surface area contributed by atoms with Crippen molar-refractivity contribution in [1.82, 2.24) is 9.55 Å². The van der Waals surface area contributed by atoms with E-state index in [0.29, 0.717) is 12.4 Å². The lowest BCUT2D eigenvalue weighted by molar-refractivity contribution is 0.266. The molecular weight excluding hydrogens is 240 g/mol. The van der Waals surface area contributed by atoms with Crippen LogP contribution in [0.5, 0.6) is 0 Å². The molecule has 0 unspecified atom stereocenters. The first-order chi connectivity index (χ1) is 8.01. The molecule has 0 aliphatic carbocycles. The maximum absolute atomic E-state index is 11.2. The molecule has 1 heterocycles. The van der Waals surface area contributed by atoms with Crippen LogP contribution in [0, 0.1) is 0 Å². The zero-order chi connectivity index (χ0) is 12.5. The topological polar surface area (TPSA) is 72.2 Å². The van der Waals surface area contributed by atoms with Gasteiger partial charge in [-0.2, -0.15) is 0 Å². The molecular formula is C11H14N2O3S. The van der Waals surface area contributed by atoms with Crippen molar-refractivity contribution < 1.29 is 13.5 Å². The molecule has 6 heteroatoms. The SMILES string of the molecule is CS(=O)(=O)CCn1c(CO)nc2ccccc21. The number of hydrogen-bond acceptors (Lipinski definition) is 4. The highest BCUT2D eigenvalue weighted by atomic mass is 32.2. The van der Waals surface area contributed by atoms with Crippen LogP contribution in [0.1, 0.15) is 5.82 Å². The summed E-state index contributed by atoms with van der Waals surface area (Å²) in [5.41, 5.74) is 1.62. The number of aliphatic hydroxyl groups excluding tert-OH is 1. The number of aliphatic hydroxyl groups is 1. The first-order valence-corrected chi connectivity index (χ1v) is 7.30. The molecule has 92 valence electrons. The minimum absolute atomic E-state index is 0.0420. The van der Waals surface area contributed by atoms with Gasteiger partial charge in [-0.25, -0.2) is 13.4 Å². The van der Waals surface area contributed by atoms with E-state index in [1.54, 1.807) is 4.57 Å². The molecule has 5 nitrogen and oxygen atoms in total. The Kier molecular flexibility index (Phi) is 3.17. The standard InChI is InChI=1S/C11H14N2O3S/c1-17(15,16)7-6-13-10-5-3-2-4-9(10)12-11(13)8-14/h2-5,14H,6-8H2,1H3. The van der Waals surface area contributed by atoms with Crippen LogP contribution < -0.4 is 0 Å². The van der Waals surface area contributed by atoms with E-state index in [1.165, 1.54) is 6.26 Å². The summed E-state index contributed by atoms with van der Waals surface area (Å²) in [6.07, 6.45) is 1.20. The number of fused-ring (bicyclic) bond motifs is 1. The molecule has 1 aromatic carbocycles. The molecule has 0 bridgehead atoms. The van der Waals surface area contributed by atoms with Crippen molar-refractivity contribution in [3.05, 3.63) is 30.1 Å². The van der Waals surface area contributed by atoms with Crippen LogP contribution in [-0.4, -0.2) is 35.1 Å². The molecule has 0 atom stereocenters. The molecule has 0 radical (unpaired) electrons. The molecule has 0 aliphatic heterocycles. The molecule has 0 saturated heterocycles. The van der Waals surface area contributed by atoms with Gasteiger partial charge in [0.25, 0.3) is 0 Å². The zero-order valence-electron chi connectivity index (χ0n) is 9.50. The van der Waals surface area contributed by atoms with Gasteiger partial charge in [0.15, 0.2) is 0 Å². The lowest BCUT2D eigenvalue weighted by Gasteiger charge is -2.06. The second-order valence-corrected chi connectivity index (χ2v) is 6.22. The first kappa shape index (κ1) is 12.1. The van der Waals surface area contributed by atoms with Gasteiger partial charge in [0, 0.05) is 12.8 Å².